The van der Waals surface area contributed by atoms with E-state index in [1.54, 1.807) is 41.1 Å². The number of piperidine rings is 1. The molecule has 8 heteroatoms. The number of likely N-dealkylation sites (tertiary alicyclic amines) is 1. The summed E-state index contributed by atoms with van der Waals surface area (Å²) in [5.74, 6) is -0.522. The average Bonchev–Trinajstić information content (AvgIpc) is 2.68. The predicted molar refractivity (Wildman–Crippen MR) is 117 cm³/mol. The van der Waals surface area contributed by atoms with Crippen LogP contribution in [0.2, 0.25) is 5.02 Å². The number of hydrogen-bond donors (Lipinski definition) is 1. The Morgan fingerprint density at radius 1 is 1.27 bits per heavy atom. The van der Waals surface area contributed by atoms with E-state index in [1.807, 2.05) is 26.8 Å². The van der Waals surface area contributed by atoms with Gasteiger partial charge in [-0.2, -0.15) is 0 Å². The number of carbonyl (C=O) groups excluding carboxylic acids is 3. The van der Waals surface area contributed by atoms with Gasteiger partial charge in [0.2, 0.25) is 11.8 Å². The van der Waals surface area contributed by atoms with Crippen molar-refractivity contribution in [1.29, 1.82) is 0 Å². The van der Waals surface area contributed by atoms with Gasteiger partial charge in [-0.1, -0.05) is 23.7 Å². The van der Waals surface area contributed by atoms with E-state index in [9.17, 15) is 14.4 Å². The first-order chi connectivity index (χ1) is 14.0. The van der Waals surface area contributed by atoms with Crippen LogP contribution in [-0.2, 0) is 14.3 Å². The quantitative estimate of drug-likeness (QED) is 0.719. The van der Waals surface area contributed by atoms with Crippen LogP contribution in [0.15, 0.2) is 30.3 Å². The Labute approximate surface area is 183 Å². The number of carbonyl (C=O) groups is 3. The van der Waals surface area contributed by atoms with Gasteiger partial charge >= 0.3 is 6.09 Å². The first kappa shape index (κ1) is 23.7. The number of benzene rings is 1. The number of nitrogens with zero attached hydrogens (tertiary/aromatic N) is 2. The van der Waals surface area contributed by atoms with Crippen LogP contribution in [0.5, 0.6) is 0 Å². The smallest absolute Gasteiger partial charge is 0.410 e. The van der Waals surface area contributed by atoms with Gasteiger partial charge in [0.15, 0.2) is 0 Å². The summed E-state index contributed by atoms with van der Waals surface area (Å²) in [5, 5.41) is 3.20. The molecule has 0 bridgehead atoms. The molecule has 0 saturated carbocycles. The molecule has 7 nitrogen and oxygen atoms in total. The largest absolute Gasteiger partial charge is 0.444 e. The fraction of sp³-hybridized carbons (Fsp3) is 0.500. The summed E-state index contributed by atoms with van der Waals surface area (Å²) in [6.07, 6.45) is 4.03. The first-order valence-electron chi connectivity index (χ1n) is 10.0. The topological polar surface area (TPSA) is 79.0 Å². The van der Waals surface area contributed by atoms with Crippen LogP contribution < -0.4 is 5.32 Å². The lowest BCUT2D eigenvalue weighted by molar-refractivity contribution is -0.133. The average molecular weight is 436 g/mol. The molecule has 0 spiro atoms. The Morgan fingerprint density at radius 3 is 2.53 bits per heavy atom. The number of hydrogen-bond acceptors (Lipinski definition) is 4. The highest BCUT2D eigenvalue weighted by Crippen LogP contribution is 2.18. The van der Waals surface area contributed by atoms with Gasteiger partial charge in [0.05, 0.1) is 6.54 Å². The normalized spacial score (nSPS) is 15.2. The minimum absolute atomic E-state index is 0.0232. The Hall–Kier alpha value is -2.54. The maximum absolute atomic E-state index is 12.4. The molecule has 0 aliphatic carbocycles. The third kappa shape index (κ3) is 7.71. The van der Waals surface area contributed by atoms with Crippen LogP contribution in [-0.4, -0.2) is 66.0 Å². The van der Waals surface area contributed by atoms with Crippen molar-refractivity contribution in [3.63, 3.8) is 0 Å². The van der Waals surface area contributed by atoms with E-state index in [4.69, 9.17) is 16.3 Å². The van der Waals surface area contributed by atoms with Gasteiger partial charge in [0, 0.05) is 37.3 Å². The molecule has 1 aromatic carbocycles. The lowest BCUT2D eigenvalue weighted by Crippen LogP contribution is -2.50. The van der Waals surface area contributed by atoms with Crippen molar-refractivity contribution >= 4 is 35.6 Å². The zero-order valence-corrected chi connectivity index (χ0v) is 18.7. The third-order valence-electron chi connectivity index (χ3n) is 4.75. The summed E-state index contributed by atoms with van der Waals surface area (Å²) >= 11 is 5.91. The lowest BCUT2D eigenvalue weighted by Gasteiger charge is -2.37. The zero-order chi connectivity index (χ0) is 22.3. The Kier molecular flexibility index (Phi) is 8.29. The molecule has 1 aromatic rings. The second kappa shape index (κ2) is 10.5. The minimum atomic E-state index is -0.528. The molecular formula is C22H30ClN3O4. The van der Waals surface area contributed by atoms with E-state index < -0.39 is 5.60 Å². The number of ether oxygens (including phenoxy) is 1. The lowest BCUT2D eigenvalue weighted by atomic mass is 10.0. The zero-order valence-electron chi connectivity index (χ0n) is 18.0. The molecule has 30 heavy (non-hydrogen) atoms. The summed E-state index contributed by atoms with van der Waals surface area (Å²) in [6.45, 7) is 6.49. The maximum atomic E-state index is 12.4. The minimum Gasteiger partial charge on any atom is -0.444 e. The fourth-order valence-corrected chi connectivity index (χ4v) is 3.29. The third-order valence-corrected chi connectivity index (χ3v) is 4.98. The van der Waals surface area contributed by atoms with Gasteiger partial charge in [0.1, 0.15) is 5.60 Å². The van der Waals surface area contributed by atoms with E-state index in [0.717, 1.165) is 5.56 Å². The van der Waals surface area contributed by atoms with E-state index in [-0.39, 0.29) is 30.5 Å². The number of amides is 3. The number of nitrogens with one attached hydrogen (secondary N) is 1. The van der Waals surface area contributed by atoms with Crippen LogP contribution >= 0.6 is 11.6 Å². The highest BCUT2D eigenvalue weighted by atomic mass is 35.5. The number of rotatable bonds is 5. The second-order valence-corrected chi connectivity index (χ2v) is 8.75. The van der Waals surface area contributed by atoms with Crippen molar-refractivity contribution in [2.45, 2.75) is 45.3 Å². The summed E-state index contributed by atoms with van der Waals surface area (Å²) in [6, 6.07) is 7.15. The second-order valence-electron chi connectivity index (χ2n) is 8.31. The Balaban J connectivity index is 1.75. The molecule has 3 amide bonds. The SMILES string of the molecule is CN(C(=O)CNC(=O)C=Cc1cccc(Cl)c1)C1CCN(C(=O)OC(C)(C)C)CC1. The van der Waals surface area contributed by atoms with Gasteiger partial charge in [-0.15, -0.1) is 0 Å². The summed E-state index contributed by atoms with van der Waals surface area (Å²) in [7, 11) is 1.73. The Bertz CT molecular complexity index is 796. The van der Waals surface area contributed by atoms with Crippen molar-refractivity contribution in [2.75, 3.05) is 26.7 Å². The molecule has 0 radical (unpaired) electrons. The molecule has 0 atom stereocenters. The van der Waals surface area contributed by atoms with E-state index in [0.29, 0.717) is 31.0 Å². The van der Waals surface area contributed by atoms with Crippen LogP contribution in [0.25, 0.3) is 6.08 Å². The molecular weight excluding hydrogens is 406 g/mol. The van der Waals surface area contributed by atoms with Crippen LogP contribution in [0.4, 0.5) is 4.79 Å². The molecule has 1 heterocycles. The number of halogens is 1. The molecule has 0 unspecified atom stereocenters. The van der Waals surface area contributed by atoms with E-state index in [1.165, 1.54) is 6.08 Å². The molecule has 164 valence electrons. The van der Waals surface area contributed by atoms with Gasteiger partial charge in [-0.05, 0) is 57.4 Å². The standard InChI is InChI=1S/C22H30ClN3O4/c1-22(2,3)30-21(29)26-12-10-18(11-13-26)25(4)20(28)15-24-19(27)9-8-16-6-5-7-17(23)14-16/h5-9,14,18H,10-13,15H2,1-4H3,(H,24,27). The Morgan fingerprint density at radius 2 is 1.93 bits per heavy atom. The van der Waals surface area contributed by atoms with Gasteiger partial charge < -0.3 is 19.9 Å². The molecule has 1 saturated heterocycles. The van der Waals surface area contributed by atoms with Gasteiger partial charge in [0.25, 0.3) is 0 Å². The van der Waals surface area contributed by atoms with E-state index >= 15 is 0 Å². The van der Waals surface area contributed by atoms with Crippen molar-refractivity contribution in [1.82, 2.24) is 15.1 Å². The van der Waals surface area contributed by atoms with Gasteiger partial charge in [-0.25, -0.2) is 4.79 Å². The molecule has 0 aromatic heterocycles. The fourth-order valence-electron chi connectivity index (χ4n) is 3.09. The molecule has 2 rings (SSSR count). The first-order valence-corrected chi connectivity index (χ1v) is 10.4. The maximum Gasteiger partial charge on any atom is 0.410 e. The molecule has 1 aliphatic rings. The predicted octanol–water partition coefficient (Wildman–Crippen LogP) is 3.33. The molecule has 1 fully saturated rings. The van der Waals surface area contributed by atoms with Crippen LogP contribution in [0, 0.1) is 0 Å². The van der Waals surface area contributed by atoms with Crippen LogP contribution in [0.3, 0.4) is 0 Å². The van der Waals surface area contributed by atoms with E-state index in [2.05, 4.69) is 5.32 Å². The summed E-state index contributed by atoms with van der Waals surface area (Å²) < 4.78 is 5.39. The highest BCUT2D eigenvalue weighted by molar-refractivity contribution is 6.30. The summed E-state index contributed by atoms with van der Waals surface area (Å²) in [5.41, 5.74) is 0.276. The summed E-state index contributed by atoms with van der Waals surface area (Å²) in [4.78, 5) is 39.9. The van der Waals surface area contributed by atoms with Crippen molar-refractivity contribution < 1.29 is 19.1 Å². The van der Waals surface area contributed by atoms with Gasteiger partial charge in [-0.3, -0.25) is 9.59 Å². The molecule has 1 N–H and O–H groups in total. The highest BCUT2D eigenvalue weighted by Gasteiger charge is 2.29. The monoisotopic (exact) mass is 435 g/mol. The van der Waals surface area contributed by atoms with Crippen molar-refractivity contribution in [2.24, 2.45) is 0 Å². The number of likely N-dealkylation sites (N-methyl/N-ethyl adjacent to an activating group) is 1. The van der Waals surface area contributed by atoms with Crippen molar-refractivity contribution in [3.8, 4) is 0 Å². The molecule has 1 aliphatic heterocycles. The van der Waals surface area contributed by atoms with Crippen molar-refractivity contribution in [3.05, 3.63) is 40.9 Å². The van der Waals surface area contributed by atoms with Crippen LogP contribution in [0.1, 0.15) is 39.2 Å².